The van der Waals surface area contributed by atoms with Crippen molar-refractivity contribution in [1.82, 2.24) is 0 Å². The van der Waals surface area contributed by atoms with Gasteiger partial charge in [0.15, 0.2) is 0 Å². The van der Waals surface area contributed by atoms with Crippen molar-refractivity contribution in [3.63, 3.8) is 0 Å². The second-order valence-electron chi connectivity index (χ2n) is 3.21. The third kappa shape index (κ3) is 4.13. The van der Waals surface area contributed by atoms with Gasteiger partial charge in [0.05, 0.1) is 13.5 Å². The fourth-order valence-electron chi connectivity index (χ4n) is 1.13. The minimum Gasteiger partial charge on any atom is -0.497 e. The number of methoxy groups -OCH3 is 1. The van der Waals surface area contributed by atoms with Crippen LogP contribution >= 0.6 is 0 Å². The standard InChI is InChI=1S/C12H14O4/c1-15-11-6-4-10(5-7-11)9-16-12(14)3-2-8-13/h4-8H,2-3,9H2,1H3. The number of esters is 1. The summed E-state index contributed by atoms with van der Waals surface area (Å²) in [5.41, 5.74) is 0.889. The summed E-state index contributed by atoms with van der Waals surface area (Å²) in [6.45, 7) is 0.224. The van der Waals surface area contributed by atoms with Crippen molar-refractivity contribution in [3.8, 4) is 5.75 Å². The molecule has 1 aromatic rings. The van der Waals surface area contributed by atoms with Crippen LogP contribution < -0.4 is 4.74 Å². The van der Waals surface area contributed by atoms with Gasteiger partial charge in [-0.3, -0.25) is 4.79 Å². The maximum atomic E-state index is 11.1. The molecule has 0 bridgehead atoms. The number of rotatable bonds is 6. The van der Waals surface area contributed by atoms with Crippen LogP contribution in [0.5, 0.6) is 5.75 Å². The second kappa shape index (κ2) is 6.61. The molecule has 86 valence electrons. The number of carbonyl (C=O) groups excluding carboxylic acids is 2. The van der Waals surface area contributed by atoms with E-state index >= 15 is 0 Å². The van der Waals surface area contributed by atoms with Gasteiger partial charge in [-0.2, -0.15) is 0 Å². The molecule has 0 heterocycles. The summed E-state index contributed by atoms with van der Waals surface area (Å²) in [6.07, 6.45) is 1.05. The minimum absolute atomic E-state index is 0.139. The van der Waals surface area contributed by atoms with Gasteiger partial charge in [-0.05, 0) is 17.7 Å². The van der Waals surface area contributed by atoms with Crippen LogP contribution in [0.3, 0.4) is 0 Å². The molecular formula is C12H14O4. The molecule has 0 fully saturated rings. The van der Waals surface area contributed by atoms with E-state index in [-0.39, 0.29) is 25.4 Å². The van der Waals surface area contributed by atoms with E-state index in [4.69, 9.17) is 9.47 Å². The zero-order valence-corrected chi connectivity index (χ0v) is 9.14. The third-order valence-corrected chi connectivity index (χ3v) is 2.03. The lowest BCUT2D eigenvalue weighted by molar-refractivity contribution is -0.145. The number of carbonyl (C=O) groups is 2. The first-order valence-corrected chi connectivity index (χ1v) is 4.98. The average molecular weight is 222 g/mol. The van der Waals surface area contributed by atoms with Crippen LogP contribution in [0.2, 0.25) is 0 Å². The highest BCUT2D eigenvalue weighted by molar-refractivity contribution is 5.72. The molecule has 0 amide bonds. The van der Waals surface area contributed by atoms with Gasteiger partial charge in [0, 0.05) is 6.42 Å². The van der Waals surface area contributed by atoms with Gasteiger partial charge < -0.3 is 14.3 Å². The summed E-state index contributed by atoms with van der Waals surface area (Å²) in [6, 6.07) is 7.25. The second-order valence-corrected chi connectivity index (χ2v) is 3.21. The Morgan fingerprint density at radius 3 is 2.56 bits per heavy atom. The van der Waals surface area contributed by atoms with E-state index in [1.165, 1.54) is 0 Å². The van der Waals surface area contributed by atoms with E-state index in [9.17, 15) is 9.59 Å². The van der Waals surface area contributed by atoms with Gasteiger partial charge in [-0.1, -0.05) is 12.1 Å². The van der Waals surface area contributed by atoms with Crippen molar-refractivity contribution >= 4 is 12.3 Å². The smallest absolute Gasteiger partial charge is 0.306 e. The van der Waals surface area contributed by atoms with E-state index in [1.807, 2.05) is 12.1 Å². The molecule has 0 unspecified atom stereocenters. The van der Waals surface area contributed by atoms with Crippen molar-refractivity contribution in [2.75, 3.05) is 7.11 Å². The summed E-state index contributed by atoms with van der Waals surface area (Å²) in [7, 11) is 1.59. The van der Waals surface area contributed by atoms with Crippen LogP contribution in [0.15, 0.2) is 24.3 Å². The Morgan fingerprint density at radius 2 is 2.00 bits per heavy atom. The van der Waals surface area contributed by atoms with Crippen molar-refractivity contribution in [2.24, 2.45) is 0 Å². The average Bonchev–Trinajstić information content (AvgIpc) is 2.34. The summed E-state index contributed by atoms with van der Waals surface area (Å²) in [5, 5.41) is 0. The lowest BCUT2D eigenvalue weighted by Gasteiger charge is -2.04. The molecular weight excluding hydrogens is 208 g/mol. The summed E-state index contributed by atoms with van der Waals surface area (Å²) >= 11 is 0. The molecule has 0 atom stereocenters. The first-order chi connectivity index (χ1) is 7.76. The molecule has 0 aliphatic carbocycles. The highest BCUT2D eigenvalue weighted by Gasteiger charge is 2.02. The summed E-state index contributed by atoms with van der Waals surface area (Å²) in [4.78, 5) is 21.1. The maximum Gasteiger partial charge on any atom is 0.306 e. The van der Waals surface area contributed by atoms with Crippen LogP contribution in [0.25, 0.3) is 0 Å². The number of hydrogen-bond donors (Lipinski definition) is 0. The Balaban J connectivity index is 2.36. The van der Waals surface area contributed by atoms with E-state index < -0.39 is 0 Å². The Hall–Kier alpha value is -1.84. The van der Waals surface area contributed by atoms with Gasteiger partial charge in [0.2, 0.25) is 0 Å². The first-order valence-electron chi connectivity index (χ1n) is 4.98. The molecule has 4 heteroatoms. The van der Waals surface area contributed by atoms with E-state index in [1.54, 1.807) is 19.2 Å². The quantitative estimate of drug-likeness (QED) is 0.543. The Labute approximate surface area is 94.2 Å². The Bertz CT molecular complexity index is 343. The molecule has 16 heavy (non-hydrogen) atoms. The van der Waals surface area contributed by atoms with Gasteiger partial charge >= 0.3 is 5.97 Å². The Morgan fingerprint density at radius 1 is 1.31 bits per heavy atom. The molecule has 0 saturated carbocycles. The van der Waals surface area contributed by atoms with Crippen molar-refractivity contribution in [3.05, 3.63) is 29.8 Å². The van der Waals surface area contributed by atoms with Gasteiger partial charge in [0.25, 0.3) is 0 Å². The highest BCUT2D eigenvalue weighted by atomic mass is 16.5. The van der Waals surface area contributed by atoms with E-state index in [0.717, 1.165) is 11.3 Å². The summed E-state index contributed by atoms with van der Waals surface area (Å²) < 4.78 is 9.97. The molecule has 1 aromatic carbocycles. The fourth-order valence-corrected chi connectivity index (χ4v) is 1.13. The normalized spacial score (nSPS) is 9.56. The molecule has 0 spiro atoms. The number of ether oxygens (including phenoxy) is 2. The molecule has 0 aromatic heterocycles. The predicted octanol–water partition coefficient (Wildman–Crippen LogP) is 1.72. The minimum atomic E-state index is -0.358. The zero-order valence-electron chi connectivity index (χ0n) is 9.14. The molecule has 1 rings (SSSR count). The monoisotopic (exact) mass is 222 g/mol. The molecule has 0 aliphatic rings. The van der Waals surface area contributed by atoms with Crippen LogP contribution in [-0.2, 0) is 20.9 Å². The predicted molar refractivity (Wildman–Crippen MR) is 58.1 cm³/mol. The lowest BCUT2D eigenvalue weighted by atomic mass is 10.2. The van der Waals surface area contributed by atoms with E-state index in [2.05, 4.69) is 0 Å². The summed E-state index contributed by atoms with van der Waals surface area (Å²) in [5.74, 6) is 0.402. The molecule has 0 radical (unpaired) electrons. The molecule has 0 N–H and O–H groups in total. The van der Waals surface area contributed by atoms with Crippen LogP contribution in [0.4, 0.5) is 0 Å². The van der Waals surface area contributed by atoms with Crippen molar-refractivity contribution < 1.29 is 19.1 Å². The van der Waals surface area contributed by atoms with Gasteiger partial charge in [0.1, 0.15) is 18.6 Å². The lowest BCUT2D eigenvalue weighted by Crippen LogP contribution is -2.04. The molecule has 4 nitrogen and oxygen atoms in total. The SMILES string of the molecule is COc1ccc(COC(=O)CCC=O)cc1. The van der Waals surface area contributed by atoms with Crippen molar-refractivity contribution in [2.45, 2.75) is 19.4 Å². The number of aldehydes is 1. The molecule has 0 aliphatic heterocycles. The van der Waals surface area contributed by atoms with Crippen LogP contribution in [0.1, 0.15) is 18.4 Å². The fraction of sp³-hybridized carbons (Fsp3) is 0.333. The maximum absolute atomic E-state index is 11.1. The Kier molecular flexibility index (Phi) is 5.05. The van der Waals surface area contributed by atoms with Crippen LogP contribution in [0, 0.1) is 0 Å². The van der Waals surface area contributed by atoms with Crippen LogP contribution in [-0.4, -0.2) is 19.4 Å². The van der Waals surface area contributed by atoms with Gasteiger partial charge in [-0.15, -0.1) is 0 Å². The van der Waals surface area contributed by atoms with Gasteiger partial charge in [-0.25, -0.2) is 0 Å². The first kappa shape index (κ1) is 12.2. The van der Waals surface area contributed by atoms with E-state index in [0.29, 0.717) is 6.29 Å². The topological polar surface area (TPSA) is 52.6 Å². The number of hydrogen-bond acceptors (Lipinski definition) is 4. The highest BCUT2D eigenvalue weighted by Crippen LogP contribution is 2.12. The number of benzene rings is 1. The third-order valence-electron chi connectivity index (χ3n) is 2.03. The zero-order chi connectivity index (χ0) is 11.8. The molecule has 0 saturated heterocycles. The van der Waals surface area contributed by atoms with Crippen molar-refractivity contribution in [1.29, 1.82) is 0 Å². The largest absolute Gasteiger partial charge is 0.497 e.